The second-order valence-electron chi connectivity index (χ2n) is 4.98. The molecule has 1 N–H and O–H groups in total. The average molecular weight is 274 g/mol. The first kappa shape index (κ1) is 14.4. The zero-order valence-electron chi connectivity index (χ0n) is 12.3. The van der Waals surface area contributed by atoms with Gasteiger partial charge in [0.1, 0.15) is 12.4 Å². The van der Waals surface area contributed by atoms with Crippen LogP contribution in [-0.4, -0.2) is 41.9 Å². The van der Waals surface area contributed by atoms with Gasteiger partial charge in [0.2, 0.25) is 0 Å². The third-order valence-corrected chi connectivity index (χ3v) is 3.04. The van der Waals surface area contributed by atoms with Gasteiger partial charge in [0.15, 0.2) is 0 Å². The van der Waals surface area contributed by atoms with E-state index in [9.17, 15) is 0 Å². The summed E-state index contributed by atoms with van der Waals surface area (Å²) in [5, 5.41) is 7.53. The number of nitrogens with zero attached hydrogens (tertiary/aromatic N) is 3. The molecule has 0 saturated carbocycles. The Bertz CT molecular complexity index is 536. The summed E-state index contributed by atoms with van der Waals surface area (Å²) in [6.07, 6.45) is 1.80. The summed E-state index contributed by atoms with van der Waals surface area (Å²) in [6, 6.07) is 10.0. The van der Waals surface area contributed by atoms with E-state index in [-0.39, 0.29) is 0 Å². The van der Waals surface area contributed by atoms with Gasteiger partial charge in [-0.2, -0.15) is 5.10 Å². The molecule has 0 atom stereocenters. The van der Waals surface area contributed by atoms with Crippen molar-refractivity contribution in [2.75, 3.05) is 32.6 Å². The molecule has 108 valence electrons. The van der Waals surface area contributed by atoms with Crippen molar-refractivity contribution in [3.8, 4) is 5.75 Å². The Morgan fingerprint density at radius 3 is 2.85 bits per heavy atom. The molecule has 0 unspecified atom stereocenters. The van der Waals surface area contributed by atoms with Crippen LogP contribution in [0.2, 0.25) is 0 Å². The van der Waals surface area contributed by atoms with Crippen LogP contribution in [0, 0.1) is 0 Å². The van der Waals surface area contributed by atoms with Crippen molar-refractivity contribution in [3.63, 3.8) is 0 Å². The van der Waals surface area contributed by atoms with Crippen molar-refractivity contribution < 1.29 is 4.74 Å². The van der Waals surface area contributed by atoms with E-state index in [1.807, 2.05) is 56.2 Å². The lowest BCUT2D eigenvalue weighted by atomic mass is 10.3. The van der Waals surface area contributed by atoms with Crippen LogP contribution < -0.4 is 10.1 Å². The highest BCUT2D eigenvalue weighted by Gasteiger charge is 2.00. The summed E-state index contributed by atoms with van der Waals surface area (Å²) in [6.45, 7) is 2.35. The van der Waals surface area contributed by atoms with E-state index in [0.29, 0.717) is 6.61 Å². The van der Waals surface area contributed by atoms with Gasteiger partial charge in [0, 0.05) is 31.5 Å². The first-order valence-electron chi connectivity index (χ1n) is 6.73. The van der Waals surface area contributed by atoms with Crippen LogP contribution in [0.25, 0.3) is 0 Å². The van der Waals surface area contributed by atoms with E-state index in [1.54, 1.807) is 6.20 Å². The molecule has 0 bridgehead atoms. The predicted octanol–water partition coefficient (Wildman–Crippen LogP) is 1.97. The molecule has 0 fully saturated rings. The number of rotatable bonds is 7. The van der Waals surface area contributed by atoms with Crippen molar-refractivity contribution in [1.82, 2.24) is 14.7 Å². The first-order valence-corrected chi connectivity index (χ1v) is 6.73. The Kier molecular flexibility index (Phi) is 5.01. The van der Waals surface area contributed by atoms with Gasteiger partial charge in [-0.25, -0.2) is 0 Å². The van der Waals surface area contributed by atoms with Gasteiger partial charge >= 0.3 is 0 Å². The zero-order chi connectivity index (χ0) is 14.4. The van der Waals surface area contributed by atoms with E-state index >= 15 is 0 Å². The maximum Gasteiger partial charge on any atom is 0.121 e. The molecular formula is C15H22N4O. The van der Waals surface area contributed by atoms with Crippen molar-refractivity contribution in [3.05, 3.63) is 42.2 Å². The predicted molar refractivity (Wildman–Crippen MR) is 81.0 cm³/mol. The lowest BCUT2D eigenvalue weighted by Gasteiger charge is -2.12. The molecule has 1 aromatic carbocycles. The van der Waals surface area contributed by atoms with Crippen LogP contribution in [0.3, 0.4) is 0 Å². The molecule has 0 aliphatic carbocycles. The van der Waals surface area contributed by atoms with E-state index < -0.39 is 0 Å². The molecule has 0 radical (unpaired) electrons. The van der Waals surface area contributed by atoms with Gasteiger partial charge in [0.05, 0.1) is 12.2 Å². The van der Waals surface area contributed by atoms with Gasteiger partial charge in [-0.1, -0.05) is 6.07 Å². The maximum atomic E-state index is 5.72. The van der Waals surface area contributed by atoms with Crippen LogP contribution in [0.5, 0.6) is 5.75 Å². The first-order chi connectivity index (χ1) is 9.65. The quantitative estimate of drug-likeness (QED) is 0.838. The van der Waals surface area contributed by atoms with E-state index in [2.05, 4.69) is 15.3 Å². The minimum absolute atomic E-state index is 0.693. The normalized spacial score (nSPS) is 10.8. The number of hydrogen-bond acceptors (Lipinski definition) is 4. The minimum Gasteiger partial charge on any atom is -0.492 e. The minimum atomic E-state index is 0.693. The van der Waals surface area contributed by atoms with E-state index in [0.717, 1.165) is 30.2 Å². The molecular weight excluding hydrogens is 252 g/mol. The molecule has 5 nitrogen and oxygen atoms in total. The summed E-state index contributed by atoms with van der Waals surface area (Å²) >= 11 is 0. The molecule has 0 aliphatic rings. The fourth-order valence-electron chi connectivity index (χ4n) is 1.81. The average Bonchev–Trinajstić information content (AvgIpc) is 2.82. The van der Waals surface area contributed by atoms with Gasteiger partial charge in [-0.15, -0.1) is 0 Å². The highest BCUT2D eigenvalue weighted by atomic mass is 16.5. The lowest BCUT2D eigenvalue weighted by Crippen LogP contribution is -2.19. The van der Waals surface area contributed by atoms with Crippen LogP contribution in [-0.2, 0) is 13.6 Å². The lowest BCUT2D eigenvalue weighted by molar-refractivity contribution is 0.261. The Hall–Kier alpha value is -2.01. The monoisotopic (exact) mass is 274 g/mol. The molecule has 0 spiro atoms. The Morgan fingerprint density at radius 1 is 1.30 bits per heavy atom. The Morgan fingerprint density at radius 2 is 2.15 bits per heavy atom. The topological polar surface area (TPSA) is 42.3 Å². The molecule has 1 aromatic heterocycles. The number of ether oxygens (including phenoxy) is 1. The largest absolute Gasteiger partial charge is 0.492 e. The fourth-order valence-corrected chi connectivity index (χ4v) is 1.81. The number of anilines is 1. The van der Waals surface area contributed by atoms with Gasteiger partial charge < -0.3 is 15.0 Å². The molecule has 2 aromatic rings. The van der Waals surface area contributed by atoms with Crippen molar-refractivity contribution in [2.45, 2.75) is 6.54 Å². The summed E-state index contributed by atoms with van der Waals surface area (Å²) in [5.74, 6) is 0.891. The maximum absolute atomic E-state index is 5.72. The third-order valence-electron chi connectivity index (χ3n) is 3.04. The second-order valence-corrected chi connectivity index (χ2v) is 4.98. The number of nitrogens with one attached hydrogen (secondary N) is 1. The second kappa shape index (κ2) is 6.96. The highest BCUT2D eigenvalue weighted by molar-refractivity contribution is 5.48. The molecule has 5 heteroatoms. The Balaban J connectivity index is 1.87. The van der Waals surface area contributed by atoms with E-state index in [4.69, 9.17) is 4.74 Å². The van der Waals surface area contributed by atoms with Crippen LogP contribution >= 0.6 is 0 Å². The SMILES string of the molecule is CN(C)CCOc1cccc(NCc2ccnn2C)c1. The summed E-state index contributed by atoms with van der Waals surface area (Å²) < 4.78 is 7.58. The standard InChI is InChI=1S/C15H22N4O/c1-18(2)9-10-20-15-6-4-5-13(11-15)16-12-14-7-8-17-19(14)3/h4-8,11,16H,9-10,12H2,1-3H3. The molecule has 20 heavy (non-hydrogen) atoms. The molecule has 0 saturated heterocycles. The summed E-state index contributed by atoms with van der Waals surface area (Å²) in [5.41, 5.74) is 2.19. The number of benzene rings is 1. The van der Waals surface area contributed by atoms with Crippen molar-refractivity contribution in [1.29, 1.82) is 0 Å². The molecule has 0 aliphatic heterocycles. The number of hydrogen-bond donors (Lipinski definition) is 1. The zero-order valence-corrected chi connectivity index (χ0v) is 12.3. The number of aromatic nitrogens is 2. The van der Waals surface area contributed by atoms with Crippen LogP contribution in [0.4, 0.5) is 5.69 Å². The molecule has 0 amide bonds. The number of aryl methyl sites for hydroxylation is 1. The van der Waals surface area contributed by atoms with Crippen LogP contribution in [0.1, 0.15) is 5.69 Å². The van der Waals surface area contributed by atoms with Gasteiger partial charge in [0.25, 0.3) is 0 Å². The van der Waals surface area contributed by atoms with E-state index in [1.165, 1.54) is 0 Å². The summed E-state index contributed by atoms with van der Waals surface area (Å²) in [7, 11) is 6.02. The third kappa shape index (κ3) is 4.28. The smallest absolute Gasteiger partial charge is 0.121 e. The Labute approximate surface area is 120 Å². The number of likely N-dealkylation sites (N-methyl/N-ethyl adjacent to an activating group) is 1. The molecule has 2 rings (SSSR count). The summed E-state index contributed by atoms with van der Waals surface area (Å²) in [4.78, 5) is 2.10. The van der Waals surface area contributed by atoms with Gasteiger partial charge in [-0.05, 0) is 32.3 Å². The highest BCUT2D eigenvalue weighted by Crippen LogP contribution is 2.18. The van der Waals surface area contributed by atoms with Crippen LogP contribution in [0.15, 0.2) is 36.5 Å². The van der Waals surface area contributed by atoms with Crippen molar-refractivity contribution >= 4 is 5.69 Å². The molecule has 1 heterocycles. The van der Waals surface area contributed by atoms with Crippen molar-refractivity contribution in [2.24, 2.45) is 7.05 Å². The van der Waals surface area contributed by atoms with Gasteiger partial charge in [-0.3, -0.25) is 4.68 Å². The fraction of sp³-hybridized carbons (Fsp3) is 0.400.